The number of nitrogens with one attached hydrogen (secondary N) is 1. The van der Waals surface area contributed by atoms with E-state index in [1.807, 2.05) is 78.9 Å². The summed E-state index contributed by atoms with van der Waals surface area (Å²) < 4.78 is 17.0. The van der Waals surface area contributed by atoms with Crippen LogP contribution >= 0.6 is 11.8 Å². The Kier molecular flexibility index (Phi) is 7.90. The predicted octanol–water partition coefficient (Wildman–Crippen LogP) is 5.90. The summed E-state index contributed by atoms with van der Waals surface area (Å²) >= 11 is 1.29. The van der Waals surface area contributed by atoms with E-state index in [-0.39, 0.29) is 5.91 Å². The number of aliphatic imine (C=N–C) groups is 1. The van der Waals surface area contributed by atoms with Crippen molar-refractivity contribution in [2.75, 3.05) is 14.2 Å². The minimum Gasteiger partial charge on any atom is -0.497 e. The maximum Gasteiger partial charge on any atom is 0.264 e. The van der Waals surface area contributed by atoms with Crippen molar-refractivity contribution in [3.63, 3.8) is 0 Å². The van der Waals surface area contributed by atoms with Gasteiger partial charge in [-0.05, 0) is 71.8 Å². The highest BCUT2D eigenvalue weighted by Gasteiger charge is 2.24. The van der Waals surface area contributed by atoms with Gasteiger partial charge in [0, 0.05) is 5.56 Å². The highest BCUT2D eigenvalue weighted by molar-refractivity contribution is 8.18. The molecule has 1 saturated heterocycles. The van der Waals surface area contributed by atoms with Crippen molar-refractivity contribution in [2.45, 2.75) is 13.0 Å². The summed E-state index contributed by atoms with van der Waals surface area (Å²) in [6.45, 7) is 4.29. The van der Waals surface area contributed by atoms with Crippen LogP contribution < -0.4 is 19.5 Å². The van der Waals surface area contributed by atoms with Crippen molar-refractivity contribution in [2.24, 2.45) is 4.99 Å². The summed E-state index contributed by atoms with van der Waals surface area (Å²) in [5.74, 6) is 1.82. The first-order valence-corrected chi connectivity index (χ1v) is 11.8. The Bertz CT molecular complexity index is 1270. The van der Waals surface area contributed by atoms with Crippen LogP contribution in [0.5, 0.6) is 17.2 Å². The van der Waals surface area contributed by atoms with E-state index in [0.29, 0.717) is 34.6 Å². The number of amides is 1. The molecule has 0 aliphatic carbocycles. The van der Waals surface area contributed by atoms with Gasteiger partial charge < -0.3 is 19.5 Å². The number of amidine groups is 1. The lowest BCUT2D eigenvalue weighted by atomic mass is 10.0. The second-order valence-electron chi connectivity index (χ2n) is 7.66. The molecule has 0 spiro atoms. The van der Waals surface area contributed by atoms with Crippen LogP contribution in [0.4, 0.5) is 5.69 Å². The Morgan fingerprint density at radius 2 is 1.80 bits per heavy atom. The largest absolute Gasteiger partial charge is 0.497 e. The van der Waals surface area contributed by atoms with E-state index in [9.17, 15) is 4.79 Å². The topological polar surface area (TPSA) is 69.2 Å². The van der Waals surface area contributed by atoms with Gasteiger partial charge in [0.25, 0.3) is 5.91 Å². The number of methoxy groups -OCH3 is 2. The first-order chi connectivity index (χ1) is 17.1. The molecule has 1 amide bonds. The monoisotopic (exact) mass is 486 g/mol. The molecule has 1 fully saturated rings. The number of allylic oxidation sites excluding steroid dienone is 1. The molecule has 35 heavy (non-hydrogen) atoms. The number of rotatable bonds is 9. The van der Waals surface area contributed by atoms with E-state index in [4.69, 9.17) is 14.2 Å². The van der Waals surface area contributed by atoms with Crippen molar-refractivity contribution >= 4 is 34.6 Å². The van der Waals surface area contributed by atoms with Gasteiger partial charge in [-0.2, -0.15) is 0 Å². The Labute approximate surface area is 209 Å². The highest BCUT2D eigenvalue weighted by atomic mass is 32.2. The van der Waals surface area contributed by atoms with Crippen LogP contribution in [0.25, 0.3) is 6.08 Å². The van der Waals surface area contributed by atoms with Crippen LogP contribution in [0.3, 0.4) is 0 Å². The molecule has 0 atom stereocenters. The number of benzene rings is 3. The Morgan fingerprint density at radius 1 is 1.03 bits per heavy atom. The van der Waals surface area contributed by atoms with Gasteiger partial charge in [0.05, 0.1) is 24.8 Å². The third-order valence-corrected chi connectivity index (χ3v) is 6.13. The van der Waals surface area contributed by atoms with E-state index in [1.54, 1.807) is 14.2 Å². The van der Waals surface area contributed by atoms with Crippen molar-refractivity contribution in [3.8, 4) is 17.2 Å². The molecule has 0 saturated carbocycles. The van der Waals surface area contributed by atoms with Crippen LogP contribution in [-0.2, 0) is 17.8 Å². The first-order valence-electron chi connectivity index (χ1n) is 11.0. The van der Waals surface area contributed by atoms with Crippen LogP contribution in [-0.4, -0.2) is 25.3 Å². The molecule has 1 heterocycles. The molecule has 1 aliphatic rings. The average molecular weight is 487 g/mol. The van der Waals surface area contributed by atoms with Crippen molar-refractivity contribution in [1.29, 1.82) is 0 Å². The van der Waals surface area contributed by atoms with Crippen LogP contribution in [0, 0.1) is 0 Å². The molecule has 7 heteroatoms. The molecule has 178 valence electrons. The van der Waals surface area contributed by atoms with Crippen LogP contribution in [0.15, 0.2) is 89.3 Å². The lowest BCUT2D eigenvalue weighted by Crippen LogP contribution is -2.19. The smallest absolute Gasteiger partial charge is 0.264 e. The second kappa shape index (κ2) is 11.4. The molecule has 0 aromatic heterocycles. The second-order valence-corrected chi connectivity index (χ2v) is 8.69. The molecular formula is C28H26N2O4S. The molecule has 0 bridgehead atoms. The molecule has 1 aliphatic heterocycles. The van der Waals surface area contributed by atoms with Gasteiger partial charge in [-0.15, -0.1) is 6.58 Å². The lowest BCUT2D eigenvalue weighted by Gasteiger charge is -2.16. The van der Waals surface area contributed by atoms with Gasteiger partial charge in [0.1, 0.15) is 12.4 Å². The zero-order valence-electron chi connectivity index (χ0n) is 19.6. The maximum atomic E-state index is 12.6. The normalized spacial score (nSPS) is 15.2. The average Bonchev–Trinajstić information content (AvgIpc) is 3.22. The molecule has 4 rings (SSSR count). The highest BCUT2D eigenvalue weighted by Crippen LogP contribution is 2.36. The van der Waals surface area contributed by atoms with Gasteiger partial charge in [0.15, 0.2) is 16.7 Å². The quantitative estimate of drug-likeness (QED) is 0.301. The number of nitrogens with zero attached hydrogens (tertiary/aromatic N) is 1. The molecule has 3 aromatic rings. The Balaban J connectivity index is 1.58. The fourth-order valence-electron chi connectivity index (χ4n) is 3.53. The zero-order chi connectivity index (χ0) is 24.6. The van der Waals surface area contributed by atoms with E-state index >= 15 is 0 Å². The molecule has 1 N–H and O–H groups in total. The number of hydrogen-bond acceptors (Lipinski definition) is 6. The number of carbonyl (C=O) groups is 1. The van der Waals surface area contributed by atoms with Gasteiger partial charge >= 0.3 is 0 Å². The number of thioether (sulfide) groups is 1. The molecular weight excluding hydrogens is 460 g/mol. The first kappa shape index (κ1) is 24.2. The van der Waals surface area contributed by atoms with Gasteiger partial charge in [-0.1, -0.05) is 36.4 Å². The zero-order valence-corrected chi connectivity index (χ0v) is 20.4. The number of carbonyl (C=O) groups excluding carboxylic acids is 1. The van der Waals surface area contributed by atoms with E-state index < -0.39 is 0 Å². The van der Waals surface area contributed by atoms with E-state index in [2.05, 4.69) is 16.9 Å². The summed E-state index contributed by atoms with van der Waals surface area (Å²) in [5, 5.41) is 3.34. The predicted molar refractivity (Wildman–Crippen MR) is 141 cm³/mol. The molecule has 0 radical (unpaired) electrons. The minimum atomic E-state index is -0.198. The van der Waals surface area contributed by atoms with Gasteiger partial charge in [0.2, 0.25) is 0 Å². The standard InChI is InChI=1S/C28H26N2O4S/c1-4-8-21-15-20(16-24(33-3)26(21)34-18-19-9-6-5-7-10-19)17-25-27(31)30-28(35-25)29-22-11-13-23(32-2)14-12-22/h4-7,9-17H,1,8,18H2,2-3H3,(H,29,30,31)/b25-17+. The van der Waals surface area contributed by atoms with E-state index in [0.717, 1.165) is 28.1 Å². The van der Waals surface area contributed by atoms with Crippen molar-refractivity contribution in [3.05, 3.63) is 101 Å². The number of ether oxygens (including phenoxy) is 3. The molecule has 0 unspecified atom stereocenters. The third kappa shape index (κ3) is 6.13. The minimum absolute atomic E-state index is 0.198. The Morgan fingerprint density at radius 3 is 2.49 bits per heavy atom. The fourth-order valence-corrected chi connectivity index (χ4v) is 4.37. The fraction of sp³-hybridized carbons (Fsp3) is 0.143. The third-order valence-electron chi connectivity index (χ3n) is 5.22. The van der Waals surface area contributed by atoms with Crippen molar-refractivity contribution in [1.82, 2.24) is 5.32 Å². The maximum absolute atomic E-state index is 12.6. The van der Waals surface area contributed by atoms with E-state index in [1.165, 1.54) is 11.8 Å². The summed E-state index contributed by atoms with van der Waals surface area (Å²) in [5.41, 5.74) is 3.55. The summed E-state index contributed by atoms with van der Waals surface area (Å²) in [4.78, 5) is 17.7. The molecule has 3 aromatic carbocycles. The summed E-state index contributed by atoms with van der Waals surface area (Å²) in [6.07, 6.45) is 4.24. The van der Waals surface area contributed by atoms with Gasteiger partial charge in [-0.25, -0.2) is 4.99 Å². The summed E-state index contributed by atoms with van der Waals surface area (Å²) in [7, 11) is 3.22. The SMILES string of the molecule is C=CCc1cc(/C=C2/SC(=Nc3ccc(OC)cc3)NC2=O)cc(OC)c1OCc1ccccc1. The van der Waals surface area contributed by atoms with Crippen molar-refractivity contribution < 1.29 is 19.0 Å². The Hall–Kier alpha value is -3.97. The lowest BCUT2D eigenvalue weighted by molar-refractivity contribution is -0.115. The summed E-state index contributed by atoms with van der Waals surface area (Å²) in [6, 6.07) is 21.1. The van der Waals surface area contributed by atoms with Gasteiger partial charge in [-0.3, -0.25) is 4.79 Å². The number of hydrogen-bond donors (Lipinski definition) is 1. The van der Waals surface area contributed by atoms with Crippen LogP contribution in [0.2, 0.25) is 0 Å². The van der Waals surface area contributed by atoms with Crippen LogP contribution in [0.1, 0.15) is 16.7 Å². The molecule has 6 nitrogen and oxygen atoms in total.